The summed E-state index contributed by atoms with van der Waals surface area (Å²) in [6, 6.07) is 5.85. The van der Waals surface area contributed by atoms with Gasteiger partial charge in [-0.1, -0.05) is 6.07 Å². The number of amides is 2. The number of hydrogen-bond donors (Lipinski definition) is 2. The Morgan fingerprint density at radius 1 is 1.33 bits per heavy atom. The van der Waals surface area contributed by atoms with Crippen LogP contribution >= 0.6 is 11.3 Å². The first-order valence-corrected chi connectivity index (χ1v) is 9.75. The Balaban J connectivity index is 1.52. The van der Waals surface area contributed by atoms with Crippen LogP contribution in [0.15, 0.2) is 24.3 Å². The molecule has 8 heteroatoms. The van der Waals surface area contributed by atoms with Gasteiger partial charge >= 0.3 is 0 Å². The van der Waals surface area contributed by atoms with Crippen LogP contribution in [0.25, 0.3) is 0 Å². The van der Waals surface area contributed by atoms with Crippen molar-refractivity contribution >= 4 is 34.0 Å². The number of halogens is 1. The molecule has 2 heterocycles. The Morgan fingerprint density at radius 3 is 2.85 bits per heavy atom. The molecule has 1 aromatic heterocycles. The van der Waals surface area contributed by atoms with Crippen LogP contribution in [-0.4, -0.2) is 41.3 Å². The molecular weight excluding hydrogens is 367 g/mol. The molecule has 1 atom stereocenters. The number of thiazole rings is 1. The highest BCUT2D eigenvalue weighted by Gasteiger charge is 2.27. The van der Waals surface area contributed by atoms with Gasteiger partial charge in [-0.3, -0.25) is 14.5 Å². The predicted octanol–water partition coefficient (Wildman–Crippen LogP) is 3.19. The summed E-state index contributed by atoms with van der Waals surface area (Å²) in [6.07, 6.45) is 1.59. The van der Waals surface area contributed by atoms with Crippen molar-refractivity contribution in [1.82, 2.24) is 9.88 Å². The van der Waals surface area contributed by atoms with Gasteiger partial charge in [-0.25, -0.2) is 9.37 Å². The molecule has 0 radical (unpaired) electrons. The lowest BCUT2D eigenvalue weighted by molar-refractivity contribution is -0.123. The molecule has 1 unspecified atom stereocenters. The Bertz CT molecular complexity index is 819. The number of nitrogens with zero attached hydrogens (tertiary/aromatic N) is 2. The molecule has 27 heavy (non-hydrogen) atoms. The second-order valence-electron chi connectivity index (χ2n) is 6.78. The van der Waals surface area contributed by atoms with Crippen LogP contribution in [0.3, 0.4) is 0 Å². The fourth-order valence-corrected chi connectivity index (χ4v) is 3.94. The first kappa shape index (κ1) is 19.4. The lowest BCUT2D eigenvalue weighted by Crippen LogP contribution is -2.44. The maximum atomic E-state index is 13.3. The number of aryl methyl sites for hydroxylation is 2. The van der Waals surface area contributed by atoms with Gasteiger partial charge in [0.15, 0.2) is 5.13 Å². The van der Waals surface area contributed by atoms with Crippen LogP contribution < -0.4 is 10.6 Å². The largest absolute Gasteiger partial charge is 0.326 e. The first-order chi connectivity index (χ1) is 12.9. The molecular formula is C19H23FN4O2S. The van der Waals surface area contributed by atoms with Crippen molar-refractivity contribution in [2.45, 2.75) is 26.7 Å². The molecule has 0 aliphatic carbocycles. The van der Waals surface area contributed by atoms with E-state index < -0.39 is 0 Å². The number of piperidine rings is 1. The number of nitrogens with one attached hydrogen (secondary N) is 2. The van der Waals surface area contributed by atoms with Crippen molar-refractivity contribution < 1.29 is 14.0 Å². The van der Waals surface area contributed by atoms with E-state index in [2.05, 4.69) is 15.6 Å². The van der Waals surface area contributed by atoms with Gasteiger partial charge in [-0.2, -0.15) is 0 Å². The SMILES string of the molecule is Cc1nc(NC(=O)CN2CCCC(C(=O)Nc3cccc(F)c3)C2)sc1C. The zero-order chi connectivity index (χ0) is 19.4. The van der Waals surface area contributed by atoms with Crippen LogP contribution in [0.1, 0.15) is 23.4 Å². The number of carbonyl (C=O) groups is 2. The van der Waals surface area contributed by atoms with Gasteiger partial charge in [0.25, 0.3) is 0 Å². The van der Waals surface area contributed by atoms with Gasteiger partial charge in [0.05, 0.1) is 18.2 Å². The summed E-state index contributed by atoms with van der Waals surface area (Å²) in [6.45, 7) is 5.38. The highest BCUT2D eigenvalue weighted by molar-refractivity contribution is 7.15. The van der Waals surface area contributed by atoms with Crippen molar-refractivity contribution in [3.05, 3.63) is 40.7 Å². The van der Waals surface area contributed by atoms with E-state index in [-0.39, 0.29) is 30.1 Å². The van der Waals surface area contributed by atoms with Crippen LogP contribution in [0.2, 0.25) is 0 Å². The Kier molecular flexibility index (Phi) is 6.18. The molecule has 1 aliphatic heterocycles. The van der Waals surface area contributed by atoms with E-state index in [1.54, 1.807) is 12.1 Å². The van der Waals surface area contributed by atoms with Gasteiger partial charge in [0, 0.05) is 17.1 Å². The molecule has 2 aromatic rings. The molecule has 1 aliphatic rings. The third kappa shape index (κ3) is 5.33. The maximum absolute atomic E-state index is 13.3. The molecule has 3 rings (SSSR count). The zero-order valence-electron chi connectivity index (χ0n) is 15.4. The third-order valence-corrected chi connectivity index (χ3v) is 5.60. The minimum Gasteiger partial charge on any atom is -0.326 e. The molecule has 1 aromatic carbocycles. The molecule has 2 N–H and O–H groups in total. The standard InChI is InChI=1S/C19H23FN4O2S/c1-12-13(2)27-19(21-12)23-17(25)11-24-8-4-5-14(10-24)18(26)22-16-7-3-6-15(20)9-16/h3,6-7,9,14H,4-5,8,10-11H2,1-2H3,(H,22,26)(H,21,23,25). The molecule has 2 amide bonds. The topological polar surface area (TPSA) is 74.3 Å². The number of carbonyl (C=O) groups excluding carboxylic acids is 2. The predicted molar refractivity (Wildman–Crippen MR) is 104 cm³/mol. The lowest BCUT2D eigenvalue weighted by Gasteiger charge is -2.31. The third-order valence-electron chi connectivity index (χ3n) is 4.61. The fourth-order valence-electron chi connectivity index (χ4n) is 3.11. The average Bonchev–Trinajstić information content (AvgIpc) is 2.92. The minimum atomic E-state index is -0.387. The Labute approximate surface area is 161 Å². The van der Waals surface area contributed by atoms with Gasteiger partial charge < -0.3 is 10.6 Å². The van der Waals surface area contributed by atoms with Crippen LogP contribution in [-0.2, 0) is 9.59 Å². The van der Waals surface area contributed by atoms with E-state index in [0.29, 0.717) is 17.4 Å². The fraction of sp³-hybridized carbons (Fsp3) is 0.421. The second-order valence-corrected chi connectivity index (χ2v) is 7.99. The first-order valence-electron chi connectivity index (χ1n) is 8.93. The van der Waals surface area contributed by atoms with Gasteiger partial charge in [-0.05, 0) is 51.4 Å². The highest BCUT2D eigenvalue weighted by atomic mass is 32.1. The van der Waals surface area contributed by atoms with Crippen LogP contribution in [0, 0.1) is 25.6 Å². The summed E-state index contributed by atoms with van der Waals surface area (Å²) >= 11 is 1.46. The summed E-state index contributed by atoms with van der Waals surface area (Å²) in [7, 11) is 0. The summed E-state index contributed by atoms with van der Waals surface area (Å²) in [4.78, 5) is 32.1. The van der Waals surface area contributed by atoms with Crippen molar-refractivity contribution in [2.24, 2.45) is 5.92 Å². The van der Waals surface area contributed by atoms with E-state index in [1.165, 1.54) is 23.5 Å². The van der Waals surface area contributed by atoms with Crippen molar-refractivity contribution in [2.75, 3.05) is 30.3 Å². The zero-order valence-corrected chi connectivity index (χ0v) is 16.2. The summed E-state index contributed by atoms with van der Waals surface area (Å²) in [5.74, 6) is -0.881. The van der Waals surface area contributed by atoms with E-state index in [9.17, 15) is 14.0 Å². The number of likely N-dealkylation sites (tertiary alicyclic amines) is 1. The van der Waals surface area contributed by atoms with Gasteiger partial charge in [0.1, 0.15) is 5.82 Å². The maximum Gasteiger partial charge on any atom is 0.240 e. The quantitative estimate of drug-likeness (QED) is 0.822. The number of aromatic nitrogens is 1. The smallest absolute Gasteiger partial charge is 0.240 e. The molecule has 6 nitrogen and oxygen atoms in total. The molecule has 0 spiro atoms. The van der Waals surface area contributed by atoms with Crippen molar-refractivity contribution in [3.8, 4) is 0 Å². The lowest BCUT2D eigenvalue weighted by atomic mass is 9.97. The van der Waals surface area contributed by atoms with E-state index in [4.69, 9.17) is 0 Å². The number of anilines is 2. The van der Waals surface area contributed by atoms with Crippen LogP contribution in [0.5, 0.6) is 0 Å². The number of hydrogen-bond acceptors (Lipinski definition) is 5. The number of benzene rings is 1. The average molecular weight is 390 g/mol. The monoisotopic (exact) mass is 390 g/mol. The Hall–Kier alpha value is -2.32. The molecule has 0 bridgehead atoms. The highest BCUT2D eigenvalue weighted by Crippen LogP contribution is 2.22. The molecule has 1 fully saturated rings. The van der Waals surface area contributed by atoms with Gasteiger partial charge in [0.2, 0.25) is 11.8 Å². The minimum absolute atomic E-state index is 0.130. The van der Waals surface area contributed by atoms with Gasteiger partial charge in [-0.15, -0.1) is 11.3 Å². The molecule has 144 valence electrons. The summed E-state index contributed by atoms with van der Waals surface area (Å²) < 4.78 is 13.3. The Morgan fingerprint density at radius 2 is 2.15 bits per heavy atom. The molecule has 1 saturated heterocycles. The molecule has 0 saturated carbocycles. The van der Waals surface area contributed by atoms with E-state index in [0.717, 1.165) is 30.0 Å². The number of rotatable bonds is 5. The van der Waals surface area contributed by atoms with E-state index in [1.807, 2.05) is 18.7 Å². The van der Waals surface area contributed by atoms with Crippen LogP contribution in [0.4, 0.5) is 15.2 Å². The van der Waals surface area contributed by atoms with Crippen molar-refractivity contribution in [3.63, 3.8) is 0 Å². The summed E-state index contributed by atoms with van der Waals surface area (Å²) in [5.41, 5.74) is 1.37. The van der Waals surface area contributed by atoms with E-state index >= 15 is 0 Å². The normalized spacial score (nSPS) is 17.5. The van der Waals surface area contributed by atoms with Crippen molar-refractivity contribution in [1.29, 1.82) is 0 Å². The summed E-state index contributed by atoms with van der Waals surface area (Å²) in [5, 5.41) is 6.19. The second kappa shape index (κ2) is 8.58.